The van der Waals surface area contributed by atoms with E-state index in [1.54, 1.807) is 36.4 Å². The standard InChI is InChI=1S/C7H8N2O2.C7H7N2O2.3C7H7.Sb/c2*8-6-4-2-1-3-5(6)7(10)9-11;3*1-7-5-3-2-4-6-7;/h1-4,11H,8H2,(H,9,10);1-4H,(H3-,8,9,10,11);3*3-6H,1H3;/q;-1;;;;+2/p-2. The summed E-state index contributed by atoms with van der Waals surface area (Å²) in [5, 5.41) is 4.63. The van der Waals surface area contributed by atoms with Crippen molar-refractivity contribution in [1.29, 1.82) is 0 Å². The molecule has 1 aliphatic heterocycles. The first kappa shape index (κ1) is 29.3. The Morgan fingerprint density at radius 1 is 0.659 bits per heavy atom. The fourth-order valence-electron chi connectivity index (χ4n) is 5.63. The molecule has 1 heterocycles. The third-order valence-corrected chi connectivity index (χ3v) is 25.1. The molecule has 5 aromatic rings. The second-order valence-electron chi connectivity index (χ2n) is 11.2. The molecule has 44 heavy (non-hydrogen) atoms. The summed E-state index contributed by atoms with van der Waals surface area (Å²) in [7, 11) is 0. The van der Waals surface area contributed by atoms with Crippen LogP contribution in [-0.2, 0) is 9.25 Å². The topological polar surface area (TPSA) is 121 Å². The number of hydroxylamine groups is 1. The first-order valence-electron chi connectivity index (χ1n) is 14.2. The number of benzene rings is 5. The molecule has 0 atom stereocenters. The molecule has 8 nitrogen and oxygen atoms in total. The van der Waals surface area contributed by atoms with Gasteiger partial charge >= 0.3 is 257 Å². The molecule has 0 saturated carbocycles. The summed E-state index contributed by atoms with van der Waals surface area (Å²) in [6.45, 7) is 5.97. The van der Waals surface area contributed by atoms with Gasteiger partial charge in [0.05, 0.1) is 0 Å². The van der Waals surface area contributed by atoms with Gasteiger partial charge in [0.15, 0.2) is 0 Å². The molecule has 5 N–H and O–H groups in total. The van der Waals surface area contributed by atoms with Gasteiger partial charge in [0.25, 0.3) is 0 Å². The zero-order chi connectivity index (χ0) is 31.0. The van der Waals surface area contributed by atoms with Crippen LogP contribution in [0.4, 0.5) is 11.4 Å². The van der Waals surface area contributed by atoms with Gasteiger partial charge in [-0.25, -0.2) is 0 Å². The Bertz CT molecular complexity index is 1810. The Balaban J connectivity index is 1.73. The van der Waals surface area contributed by atoms with E-state index < -0.39 is 23.2 Å². The zero-order valence-corrected chi connectivity index (χ0v) is 27.3. The number of nitrogens with one attached hydrogen (secondary N) is 1. The van der Waals surface area contributed by atoms with E-state index in [1.165, 1.54) is 0 Å². The van der Waals surface area contributed by atoms with Crippen molar-refractivity contribution in [2.75, 3.05) is 11.5 Å². The van der Waals surface area contributed by atoms with Gasteiger partial charge in [-0.2, -0.15) is 0 Å². The molecule has 0 spiro atoms. The van der Waals surface area contributed by atoms with E-state index in [9.17, 15) is 4.79 Å². The molecule has 1 aliphatic rings. The molecular weight excluding hydrogens is 662 g/mol. The number of hydrogen-bond acceptors (Lipinski definition) is 7. The Morgan fingerprint density at radius 2 is 1.11 bits per heavy atom. The minimum absolute atomic E-state index is 0.132. The summed E-state index contributed by atoms with van der Waals surface area (Å²) in [5.41, 5.74) is 19.9. The monoisotopic (exact) mass is 695 g/mol. The summed E-state index contributed by atoms with van der Waals surface area (Å²) in [4.78, 5) is 13.9. The summed E-state index contributed by atoms with van der Waals surface area (Å²) in [5.74, 6) is -0.437. The molecule has 5 aromatic carbocycles. The average molecular weight is 696 g/mol. The second kappa shape index (κ2) is 10.4. The third-order valence-electron chi connectivity index (χ3n) is 8.18. The molecule has 0 saturated heterocycles. The second-order valence-corrected chi connectivity index (χ2v) is 25.0. The number of rotatable bonds is 7. The van der Waals surface area contributed by atoms with Gasteiger partial charge in [-0.15, -0.1) is 0 Å². The zero-order valence-electron chi connectivity index (χ0n) is 24.7. The summed E-state index contributed by atoms with van der Waals surface area (Å²) in [6.07, 6.45) is 0. The van der Waals surface area contributed by atoms with Crippen LogP contribution in [0.3, 0.4) is 0 Å². The third kappa shape index (κ3) is 4.17. The number of hydrogen-bond donors (Lipinski definition) is 3. The SMILES string of the molecule is Cc1cc[c]([Sb-]2([O]NC(=O)c3ccccc3N)([c]3ccc(C)cc3)([c]3ccc(C)cc3)[O]N=C(c3ccccc3N)[O]2)cc1. The maximum absolute atomic E-state index is 13.9. The van der Waals surface area contributed by atoms with Crippen LogP contribution in [-0.4, -0.2) is 29.1 Å². The number of carbonyl (C=O) groups excluding carboxylic acids is 1. The van der Waals surface area contributed by atoms with Crippen molar-refractivity contribution >= 4 is 51.0 Å². The molecule has 0 radical (unpaired) electrons. The van der Waals surface area contributed by atoms with E-state index in [0.29, 0.717) is 27.5 Å². The van der Waals surface area contributed by atoms with Gasteiger partial charge in [0, 0.05) is 0 Å². The van der Waals surface area contributed by atoms with Crippen molar-refractivity contribution in [1.82, 2.24) is 5.48 Å². The normalized spacial score (nSPS) is 17.4. The molecule has 0 aliphatic carbocycles. The number of nitrogens with zero attached hydrogens (tertiary/aromatic N) is 1. The van der Waals surface area contributed by atoms with Crippen molar-refractivity contribution in [3.8, 4) is 0 Å². The van der Waals surface area contributed by atoms with Crippen molar-refractivity contribution < 1.29 is 14.0 Å². The number of para-hydroxylation sites is 2. The predicted octanol–water partition coefficient (Wildman–Crippen LogP) is 4.41. The number of anilines is 2. The maximum atomic E-state index is 13.9. The van der Waals surface area contributed by atoms with Gasteiger partial charge < -0.3 is 0 Å². The number of nitrogens with two attached hydrogens (primary N) is 2. The quantitative estimate of drug-likeness (QED) is 0.132. The molecule has 6 rings (SSSR count). The first-order chi connectivity index (χ1) is 21.1. The minimum atomic E-state index is -7.00. The van der Waals surface area contributed by atoms with Gasteiger partial charge in [0.2, 0.25) is 0 Å². The van der Waals surface area contributed by atoms with Crippen molar-refractivity contribution in [3.05, 3.63) is 149 Å². The molecule has 0 bridgehead atoms. The van der Waals surface area contributed by atoms with Crippen LogP contribution in [0.1, 0.15) is 32.6 Å². The van der Waals surface area contributed by atoms with E-state index >= 15 is 0 Å². The van der Waals surface area contributed by atoms with Crippen LogP contribution in [0.5, 0.6) is 0 Å². The molecule has 224 valence electrons. The Hall–Kier alpha value is -4.78. The van der Waals surface area contributed by atoms with E-state index in [4.69, 9.17) is 20.7 Å². The van der Waals surface area contributed by atoms with Gasteiger partial charge in [-0.3, -0.25) is 0 Å². The Kier molecular flexibility index (Phi) is 6.95. The summed E-state index contributed by atoms with van der Waals surface area (Å²) >= 11 is -7.00. The molecule has 9 heteroatoms. The van der Waals surface area contributed by atoms with Crippen LogP contribution < -0.4 is 27.5 Å². The van der Waals surface area contributed by atoms with Gasteiger partial charge in [0.1, 0.15) is 0 Å². The Morgan fingerprint density at radius 3 is 1.59 bits per heavy atom. The fourth-order valence-corrected chi connectivity index (χ4v) is 21.2. The van der Waals surface area contributed by atoms with E-state index in [0.717, 1.165) is 16.7 Å². The van der Waals surface area contributed by atoms with Gasteiger partial charge in [-0.1, -0.05) is 0 Å². The van der Waals surface area contributed by atoms with Crippen LogP contribution in [0.2, 0.25) is 0 Å². The molecule has 0 aromatic heterocycles. The van der Waals surface area contributed by atoms with Crippen LogP contribution in [0.15, 0.2) is 126 Å². The molecular formula is C35H34N4O4Sb-. The molecule has 0 unspecified atom stereocenters. The molecule has 0 fully saturated rings. The van der Waals surface area contributed by atoms with Crippen molar-refractivity contribution in [2.24, 2.45) is 5.16 Å². The number of nitrogen functional groups attached to an aromatic ring is 2. The van der Waals surface area contributed by atoms with Crippen LogP contribution >= 0.6 is 0 Å². The average Bonchev–Trinajstić information content (AvgIpc) is 3.41. The van der Waals surface area contributed by atoms with E-state index in [1.807, 2.05) is 106 Å². The first-order valence-corrected chi connectivity index (χ1v) is 21.1. The number of carbonyl (C=O) groups is 1. The number of oxime groups is 1. The number of amides is 1. The van der Waals surface area contributed by atoms with Crippen molar-refractivity contribution in [2.45, 2.75) is 20.8 Å². The fraction of sp³-hybridized carbons (Fsp3) is 0.0857. The van der Waals surface area contributed by atoms with Crippen LogP contribution in [0.25, 0.3) is 0 Å². The number of aryl methyl sites for hydroxylation is 3. The summed E-state index contributed by atoms with van der Waals surface area (Å²) in [6, 6.07) is 37.2. The van der Waals surface area contributed by atoms with Crippen molar-refractivity contribution in [3.63, 3.8) is 0 Å². The predicted molar refractivity (Wildman–Crippen MR) is 177 cm³/mol. The Labute approximate surface area is 256 Å². The van der Waals surface area contributed by atoms with Gasteiger partial charge in [-0.05, 0) is 0 Å². The van der Waals surface area contributed by atoms with Crippen LogP contribution in [0, 0.1) is 20.8 Å². The summed E-state index contributed by atoms with van der Waals surface area (Å²) < 4.78 is 23.1. The molecule has 1 amide bonds. The van der Waals surface area contributed by atoms with E-state index in [-0.39, 0.29) is 11.5 Å². The van der Waals surface area contributed by atoms with E-state index in [2.05, 4.69) is 10.6 Å².